The van der Waals surface area contributed by atoms with Gasteiger partial charge in [0.2, 0.25) is 0 Å². The van der Waals surface area contributed by atoms with Crippen LogP contribution in [0.2, 0.25) is 0 Å². The van der Waals surface area contributed by atoms with Crippen LogP contribution in [-0.4, -0.2) is 18.0 Å². The Bertz CT molecular complexity index is 692. The summed E-state index contributed by atoms with van der Waals surface area (Å²) in [4.78, 5) is 26.7. The van der Waals surface area contributed by atoms with Crippen molar-refractivity contribution in [3.05, 3.63) is 69.1 Å². The summed E-state index contributed by atoms with van der Waals surface area (Å²) in [6, 6.07) is 9.11. The summed E-state index contributed by atoms with van der Waals surface area (Å²) in [7, 11) is 1.63. The number of rotatable bonds is 5. The van der Waals surface area contributed by atoms with Crippen LogP contribution >= 0.6 is 0 Å². The molecule has 5 heteroatoms. The molecule has 21 heavy (non-hydrogen) atoms. The van der Waals surface area contributed by atoms with E-state index < -0.39 is 0 Å². The number of H-pyrrole nitrogens is 1. The second kappa shape index (κ2) is 6.85. The van der Waals surface area contributed by atoms with Crippen LogP contribution in [0.5, 0.6) is 0 Å². The molecular weight excluding hydrogens is 268 g/mol. The van der Waals surface area contributed by atoms with Crippen LogP contribution in [0.3, 0.4) is 0 Å². The molecule has 1 aromatic heterocycles. The highest BCUT2D eigenvalue weighted by Gasteiger charge is 2.10. The van der Waals surface area contributed by atoms with E-state index in [4.69, 9.17) is 4.74 Å². The van der Waals surface area contributed by atoms with Gasteiger partial charge < -0.3 is 15.0 Å². The molecule has 0 saturated heterocycles. The predicted octanol–water partition coefficient (Wildman–Crippen LogP) is 1.76. The van der Waals surface area contributed by atoms with Gasteiger partial charge in [-0.3, -0.25) is 9.59 Å². The fourth-order valence-electron chi connectivity index (χ4n) is 2.05. The van der Waals surface area contributed by atoms with Crippen LogP contribution in [0.25, 0.3) is 0 Å². The summed E-state index contributed by atoms with van der Waals surface area (Å²) in [5.74, 6) is -0.386. The van der Waals surface area contributed by atoms with Gasteiger partial charge in [0.15, 0.2) is 5.43 Å². The first-order valence-corrected chi connectivity index (χ1v) is 6.65. The zero-order chi connectivity index (χ0) is 15.2. The minimum atomic E-state index is -0.386. The third-order valence-corrected chi connectivity index (χ3v) is 3.16. The molecule has 2 N–H and O–H groups in total. The van der Waals surface area contributed by atoms with Crippen LogP contribution < -0.4 is 10.7 Å². The van der Waals surface area contributed by atoms with E-state index in [0.29, 0.717) is 13.2 Å². The van der Waals surface area contributed by atoms with Crippen LogP contribution in [0.4, 0.5) is 0 Å². The van der Waals surface area contributed by atoms with Crippen LogP contribution in [0.1, 0.15) is 27.2 Å². The van der Waals surface area contributed by atoms with Crippen molar-refractivity contribution < 1.29 is 9.53 Å². The smallest absolute Gasteiger partial charge is 0.257 e. The largest absolute Gasteiger partial charge is 0.380 e. The quantitative estimate of drug-likeness (QED) is 0.879. The molecule has 0 aliphatic carbocycles. The van der Waals surface area contributed by atoms with Gasteiger partial charge in [0.05, 0.1) is 6.61 Å². The highest BCUT2D eigenvalue weighted by molar-refractivity contribution is 5.93. The van der Waals surface area contributed by atoms with Crippen molar-refractivity contribution in [2.75, 3.05) is 7.11 Å². The molecule has 0 spiro atoms. The second-order valence-electron chi connectivity index (χ2n) is 4.78. The van der Waals surface area contributed by atoms with Gasteiger partial charge >= 0.3 is 0 Å². The Morgan fingerprint density at radius 2 is 2.00 bits per heavy atom. The molecular formula is C16H18N2O3. The number of benzene rings is 1. The minimum Gasteiger partial charge on any atom is -0.380 e. The van der Waals surface area contributed by atoms with Gasteiger partial charge in [-0.25, -0.2) is 0 Å². The number of nitrogens with one attached hydrogen (secondary N) is 2. The Kier molecular flexibility index (Phi) is 4.90. The SMILES string of the molecule is COCc1ccccc1CNC(=O)c1c[nH]c(C)cc1=O. The first kappa shape index (κ1) is 15.0. The van der Waals surface area contributed by atoms with Crippen molar-refractivity contribution in [3.8, 4) is 0 Å². The average Bonchev–Trinajstić information content (AvgIpc) is 2.46. The summed E-state index contributed by atoms with van der Waals surface area (Å²) in [5.41, 5.74) is 2.54. The molecule has 110 valence electrons. The topological polar surface area (TPSA) is 71.2 Å². The summed E-state index contributed by atoms with van der Waals surface area (Å²) in [5, 5.41) is 2.76. The summed E-state index contributed by atoms with van der Waals surface area (Å²) < 4.78 is 5.12. The molecule has 0 radical (unpaired) electrons. The van der Waals surface area contributed by atoms with Crippen molar-refractivity contribution in [1.82, 2.24) is 10.3 Å². The van der Waals surface area contributed by atoms with E-state index in [2.05, 4.69) is 10.3 Å². The van der Waals surface area contributed by atoms with E-state index in [1.54, 1.807) is 14.0 Å². The van der Waals surface area contributed by atoms with Gasteiger partial charge in [0.1, 0.15) is 5.56 Å². The summed E-state index contributed by atoms with van der Waals surface area (Å²) in [6.45, 7) is 2.60. The lowest BCUT2D eigenvalue weighted by molar-refractivity contribution is 0.0949. The van der Waals surface area contributed by atoms with Gasteiger partial charge in [0, 0.05) is 31.6 Å². The Labute approximate surface area is 123 Å². The highest BCUT2D eigenvalue weighted by Crippen LogP contribution is 2.09. The lowest BCUT2D eigenvalue weighted by atomic mass is 10.1. The lowest BCUT2D eigenvalue weighted by Crippen LogP contribution is -2.28. The first-order valence-electron chi connectivity index (χ1n) is 6.65. The fourth-order valence-corrected chi connectivity index (χ4v) is 2.05. The standard InChI is InChI=1S/C16H18N2O3/c1-11-7-15(19)14(9-17-11)16(20)18-8-12-5-3-4-6-13(12)10-21-2/h3-7,9H,8,10H2,1-2H3,(H,17,19)(H,18,20). The predicted molar refractivity (Wildman–Crippen MR) is 80.1 cm³/mol. The molecule has 5 nitrogen and oxygen atoms in total. The molecule has 0 unspecified atom stereocenters. The van der Waals surface area contributed by atoms with Gasteiger partial charge in [-0.05, 0) is 18.1 Å². The summed E-state index contributed by atoms with van der Waals surface area (Å²) >= 11 is 0. The van der Waals surface area contributed by atoms with Crippen LogP contribution in [0, 0.1) is 6.92 Å². The molecule has 0 aliphatic heterocycles. The number of aromatic nitrogens is 1. The molecule has 2 rings (SSSR count). The number of ether oxygens (including phenoxy) is 1. The third-order valence-electron chi connectivity index (χ3n) is 3.16. The number of hydrogen-bond acceptors (Lipinski definition) is 3. The molecule has 0 aliphatic rings. The third kappa shape index (κ3) is 3.79. The molecule has 1 aromatic carbocycles. The van der Waals surface area contributed by atoms with E-state index in [0.717, 1.165) is 16.8 Å². The van der Waals surface area contributed by atoms with Gasteiger partial charge in [0.25, 0.3) is 5.91 Å². The fraction of sp³-hybridized carbons (Fsp3) is 0.250. The molecule has 0 fully saturated rings. The Morgan fingerprint density at radius 3 is 2.67 bits per heavy atom. The Morgan fingerprint density at radius 1 is 1.29 bits per heavy atom. The molecule has 1 amide bonds. The maximum absolute atomic E-state index is 12.1. The number of aromatic amines is 1. The lowest BCUT2D eigenvalue weighted by Gasteiger charge is -2.10. The van der Waals surface area contributed by atoms with Gasteiger partial charge in [-0.1, -0.05) is 24.3 Å². The monoisotopic (exact) mass is 286 g/mol. The normalized spacial score (nSPS) is 10.4. The highest BCUT2D eigenvalue weighted by atomic mass is 16.5. The molecule has 2 aromatic rings. The Hall–Kier alpha value is -2.40. The van der Waals surface area contributed by atoms with Crippen molar-refractivity contribution in [2.24, 2.45) is 0 Å². The number of hydrogen-bond donors (Lipinski definition) is 2. The second-order valence-corrected chi connectivity index (χ2v) is 4.78. The molecule has 0 saturated carbocycles. The number of pyridine rings is 1. The van der Waals surface area contributed by atoms with Crippen molar-refractivity contribution in [3.63, 3.8) is 0 Å². The van der Waals surface area contributed by atoms with E-state index in [1.807, 2.05) is 24.3 Å². The number of carbonyl (C=O) groups excluding carboxylic acids is 1. The van der Waals surface area contributed by atoms with Gasteiger partial charge in [-0.2, -0.15) is 0 Å². The Balaban J connectivity index is 2.09. The van der Waals surface area contributed by atoms with E-state index in [9.17, 15) is 9.59 Å². The number of aryl methyl sites for hydroxylation is 1. The van der Waals surface area contributed by atoms with Crippen LogP contribution in [0.15, 0.2) is 41.3 Å². The maximum atomic E-state index is 12.1. The molecule has 0 bridgehead atoms. The van der Waals surface area contributed by atoms with E-state index in [1.165, 1.54) is 12.3 Å². The van der Waals surface area contributed by atoms with Crippen LogP contribution in [-0.2, 0) is 17.9 Å². The minimum absolute atomic E-state index is 0.116. The zero-order valence-corrected chi connectivity index (χ0v) is 12.1. The maximum Gasteiger partial charge on any atom is 0.257 e. The van der Waals surface area contributed by atoms with Crippen molar-refractivity contribution >= 4 is 5.91 Å². The number of carbonyl (C=O) groups is 1. The van der Waals surface area contributed by atoms with E-state index >= 15 is 0 Å². The van der Waals surface area contributed by atoms with Gasteiger partial charge in [-0.15, -0.1) is 0 Å². The van der Waals surface area contributed by atoms with E-state index in [-0.39, 0.29) is 16.9 Å². The zero-order valence-electron chi connectivity index (χ0n) is 12.1. The number of methoxy groups -OCH3 is 1. The van der Waals surface area contributed by atoms with Crippen molar-refractivity contribution in [1.29, 1.82) is 0 Å². The van der Waals surface area contributed by atoms with Crippen molar-refractivity contribution in [2.45, 2.75) is 20.1 Å². The summed E-state index contributed by atoms with van der Waals surface area (Å²) in [6.07, 6.45) is 1.44. The number of amides is 1. The average molecular weight is 286 g/mol. The molecule has 0 atom stereocenters. The first-order chi connectivity index (χ1) is 10.1. The molecule has 1 heterocycles.